The molecule has 0 saturated carbocycles. The van der Waals surface area contributed by atoms with Crippen LogP contribution in [0, 0.1) is 0 Å². The smallest absolute Gasteiger partial charge is 0.325 e. The van der Waals surface area contributed by atoms with E-state index in [1.165, 1.54) is 4.68 Å². The molecule has 1 atom stereocenters. The number of nitrogens with zero attached hydrogens (tertiary/aromatic N) is 3. The average molecular weight is 295 g/mol. The Bertz CT molecular complexity index is 500. The van der Waals surface area contributed by atoms with Crippen LogP contribution in [0.3, 0.4) is 0 Å². The van der Waals surface area contributed by atoms with E-state index in [1.54, 1.807) is 6.20 Å². The molecule has 2 heterocycles. The maximum Gasteiger partial charge on any atom is 0.325 e. The molecule has 1 aromatic rings. The van der Waals surface area contributed by atoms with E-state index >= 15 is 0 Å². The van der Waals surface area contributed by atoms with Gasteiger partial charge in [-0.2, -0.15) is 5.10 Å². The first-order valence-corrected chi connectivity index (χ1v) is 7.24. The quantitative estimate of drug-likeness (QED) is 0.779. The average Bonchev–Trinajstić information content (AvgIpc) is 2.86. The summed E-state index contributed by atoms with van der Waals surface area (Å²) in [5.41, 5.74) is 0.930. The molecule has 0 radical (unpaired) electrons. The molecule has 7 heteroatoms. The molecule has 1 saturated heterocycles. The Hall–Kier alpha value is -1.89. The number of aliphatic carboxylic acids is 2. The van der Waals surface area contributed by atoms with Crippen LogP contribution in [0.1, 0.15) is 37.3 Å². The molecule has 7 nitrogen and oxygen atoms in total. The highest BCUT2D eigenvalue weighted by molar-refractivity contribution is 5.66. The second kappa shape index (κ2) is 7.21. The zero-order valence-electron chi connectivity index (χ0n) is 11.9. The van der Waals surface area contributed by atoms with Gasteiger partial charge in [0.05, 0.1) is 5.69 Å². The van der Waals surface area contributed by atoms with Crippen LogP contribution in [0.25, 0.3) is 0 Å². The lowest BCUT2D eigenvalue weighted by molar-refractivity contribution is -0.138. The first kappa shape index (κ1) is 15.5. The molecule has 21 heavy (non-hydrogen) atoms. The van der Waals surface area contributed by atoms with Crippen LogP contribution >= 0.6 is 0 Å². The van der Waals surface area contributed by atoms with E-state index in [-0.39, 0.29) is 13.0 Å². The van der Waals surface area contributed by atoms with Crippen molar-refractivity contribution in [3.8, 4) is 0 Å². The van der Waals surface area contributed by atoms with E-state index in [4.69, 9.17) is 10.2 Å². The van der Waals surface area contributed by atoms with Crippen LogP contribution in [0.4, 0.5) is 0 Å². The molecule has 0 bridgehead atoms. The third-order valence-corrected chi connectivity index (χ3v) is 3.75. The number of piperidine rings is 1. The third-order valence-electron chi connectivity index (χ3n) is 3.75. The largest absolute Gasteiger partial charge is 0.481 e. The topological polar surface area (TPSA) is 95.7 Å². The van der Waals surface area contributed by atoms with Gasteiger partial charge >= 0.3 is 11.9 Å². The van der Waals surface area contributed by atoms with E-state index in [1.807, 2.05) is 6.07 Å². The number of carboxylic acid groups (broad SMARTS) is 2. The monoisotopic (exact) mass is 295 g/mol. The van der Waals surface area contributed by atoms with Gasteiger partial charge in [-0.3, -0.25) is 14.3 Å². The molecule has 1 unspecified atom stereocenters. The summed E-state index contributed by atoms with van der Waals surface area (Å²) in [4.78, 5) is 23.5. The summed E-state index contributed by atoms with van der Waals surface area (Å²) < 4.78 is 1.45. The highest BCUT2D eigenvalue weighted by Gasteiger charge is 2.23. The van der Waals surface area contributed by atoms with Crippen molar-refractivity contribution in [2.45, 2.75) is 38.1 Å². The van der Waals surface area contributed by atoms with Crippen molar-refractivity contribution in [3.63, 3.8) is 0 Å². The highest BCUT2D eigenvalue weighted by Crippen LogP contribution is 2.25. The first-order valence-electron chi connectivity index (χ1n) is 7.24. The summed E-state index contributed by atoms with van der Waals surface area (Å²) in [6.45, 7) is 2.53. The summed E-state index contributed by atoms with van der Waals surface area (Å²) in [6.07, 6.45) is 4.67. The molecule has 2 N–H and O–H groups in total. The molecular weight excluding hydrogens is 274 g/mol. The van der Waals surface area contributed by atoms with Gasteiger partial charge in [-0.15, -0.1) is 0 Å². The van der Waals surface area contributed by atoms with Crippen LogP contribution < -0.4 is 0 Å². The number of carbonyl (C=O) groups is 2. The molecule has 1 fully saturated rings. The number of rotatable bonds is 7. The number of aromatic nitrogens is 2. The van der Waals surface area contributed by atoms with Crippen LogP contribution in [-0.4, -0.2) is 56.5 Å². The van der Waals surface area contributed by atoms with Gasteiger partial charge in [0.2, 0.25) is 0 Å². The van der Waals surface area contributed by atoms with Crippen LogP contribution in [0.5, 0.6) is 0 Å². The van der Waals surface area contributed by atoms with E-state index in [0.29, 0.717) is 12.3 Å². The van der Waals surface area contributed by atoms with Gasteiger partial charge < -0.3 is 15.1 Å². The van der Waals surface area contributed by atoms with Crippen molar-refractivity contribution in [2.24, 2.45) is 0 Å². The molecule has 0 aromatic carbocycles. The fraction of sp³-hybridized carbons (Fsp3) is 0.643. The maximum absolute atomic E-state index is 10.7. The molecular formula is C14H21N3O4. The zero-order chi connectivity index (χ0) is 15.2. The zero-order valence-corrected chi connectivity index (χ0v) is 11.9. The van der Waals surface area contributed by atoms with Crippen molar-refractivity contribution in [1.29, 1.82) is 0 Å². The van der Waals surface area contributed by atoms with Crippen LogP contribution in [-0.2, 0) is 16.1 Å². The van der Waals surface area contributed by atoms with E-state index in [9.17, 15) is 9.59 Å². The summed E-state index contributed by atoms with van der Waals surface area (Å²) >= 11 is 0. The van der Waals surface area contributed by atoms with Gasteiger partial charge in [-0.05, 0) is 38.4 Å². The van der Waals surface area contributed by atoms with Gasteiger partial charge in [0.1, 0.15) is 6.54 Å². The normalized spacial score (nSPS) is 19.5. The summed E-state index contributed by atoms with van der Waals surface area (Å²) in [5.74, 6) is -1.35. The van der Waals surface area contributed by atoms with Crippen LogP contribution in [0.2, 0.25) is 0 Å². The second-order valence-corrected chi connectivity index (χ2v) is 5.47. The van der Waals surface area contributed by atoms with Crippen molar-refractivity contribution in [3.05, 3.63) is 18.0 Å². The number of hydrogen-bond acceptors (Lipinski definition) is 4. The van der Waals surface area contributed by atoms with Gasteiger partial charge in [-0.1, -0.05) is 0 Å². The molecule has 1 aliphatic heterocycles. The third kappa shape index (κ3) is 4.86. The lowest BCUT2D eigenvalue weighted by Gasteiger charge is -2.31. The molecule has 0 spiro atoms. The number of likely N-dealkylation sites (tertiary alicyclic amines) is 1. The van der Waals surface area contributed by atoms with E-state index in [2.05, 4.69) is 10.00 Å². The maximum atomic E-state index is 10.7. The van der Waals surface area contributed by atoms with E-state index in [0.717, 1.165) is 38.2 Å². The molecule has 0 aliphatic carbocycles. The molecule has 116 valence electrons. The minimum atomic E-state index is -0.899. The van der Waals surface area contributed by atoms with Crippen molar-refractivity contribution >= 4 is 11.9 Å². The predicted molar refractivity (Wildman–Crippen MR) is 75.1 cm³/mol. The fourth-order valence-electron chi connectivity index (χ4n) is 2.78. The molecule has 1 aliphatic rings. The molecule has 2 rings (SSSR count). The highest BCUT2D eigenvalue weighted by atomic mass is 16.4. The van der Waals surface area contributed by atoms with Crippen LogP contribution in [0.15, 0.2) is 12.3 Å². The van der Waals surface area contributed by atoms with Crippen molar-refractivity contribution < 1.29 is 19.8 Å². The predicted octanol–water partition coefficient (Wildman–Crippen LogP) is 1.01. The van der Waals surface area contributed by atoms with Gasteiger partial charge in [0.25, 0.3) is 0 Å². The number of hydrogen-bond donors (Lipinski definition) is 2. The lowest BCUT2D eigenvalue weighted by Crippen LogP contribution is -2.35. The Balaban J connectivity index is 1.86. The van der Waals surface area contributed by atoms with Gasteiger partial charge in [0, 0.05) is 25.1 Å². The minimum Gasteiger partial charge on any atom is -0.481 e. The standard InChI is InChI=1S/C14H21N3O4/c18-13(19)4-2-7-16-6-1-3-11(9-16)12-5-8-17(15-12)10-14(20)21/h5,8,11H,1-4,6-7,9-10H2,(H,18,19)(H,20,21). The summed E-state index contributed by atoms with van der Waals surface area (Å²) in [5, 5.41) is 21.8. The lowest BCUT2D eigenvalue weighted by atomic mass is 9.95. The van der Waals surface area contributed by atoms with Gasteiger partial charge in [0.15, 0.2) is 0 Å². The Morgan fingerprint density at radius 1 is 1.33 bits per heavy atom. The minimum absolute atomic E-state index is 0.116. The SMILES string of the molecule is O=C(O)CCCN1CCCC(c2ccn(CC(=O)O)n2)C1. The fourth-order valence-corrected chi connectivity index (χ4v) is 2.78. The van der Waals surface area contributed by atoms with E-state index < -0.39 is 11.9 Å². The Morgan fingerprint density at radius 2 is 2.14 bits per heavy atom. The van der Waals surface area contributed by atoms with Gasteiger partial charge in [-0.25, -0.2) is 0 Å². The second-order valence-electron chi connectivity index (χ2n) is 5.47. The summed E-state index contributed by atoms with van der Waals surface area (Å²) in [7, 11) is 0. The Labute approximate surface area is 123 Å². The molecule has 1 aromatic heterocycles. The summed E-state index contributed by atoms with van der Waals surface area (Å²) in [6, 6.07) is 1.88. The van der Waals surface area contributed by atoms with Crippen molar-refractivity contribution in [2.75, 3.05) is 19.6 Å². The Morgan fingerprint density at radius 3 is 2.86 bits per heavy atom. The molecule has 0 amide bonds. The van der Waals surface area contributed by atoms with Crippen molar-refractivity contribution in [1.82, 2.24) is 14.7 Å². The first-order chi connectivity index (χ1) is 10.0. The number of carboxylic acids is 2. The Kier molecular flexibility index (Phi) is 5.32.